The summed E-state index contributed by atoms with van der Waals surface area (Å²) < 4.78 is 0. The van der Waals surface area contributed by atoms with E-state index in [1.165, 1.54) is 0 Å². The smallest absolute Gasteiger partial charge is 0.326 e. The minimum atomic E-state index is -0.284. The molecule has 150 valence electrons. The molecule has 0 aliphatic rings. The monoisotopic (exact) mass is 382 g/mol. The zero-order valence-electron chi connectivity index (χ0n) is 17.1. The zero-order valence-corrected chi connectivity index (χ0v) is 17.1. The highest BCUT2D eigenvalue weighted by atomic mass is 16.2. The molecule has 0 aliphatic heterocycles. The van der Waals surface area contributed by atoms with Crippen molar-refractivity contribution in [3.8, 4) is 0 Å². The second-order valence-corrected chi connectivity index (χ2v) is 7.72. The van der Waals surface area contributed by atoms with Crippen LogP contribution in [0.15, 0.2) is 54.6 Å². The van der Waals surface area contributed by atoms with E-state index < -0.39 is 0 Å². The van der Waals surface area contributed by atoms with Crippen molar-refractivity contribution in [2.24, 2.45) is 0 Å². The number of rotatable bonds is 6. The molecule has 28 heavy (non-hydrogen) atoms. The van der Waals surface area contributed by atoms with E-state index in [1.54, 1.807) is 4.90 Å². The van der Waals surface area contributed by atoms with Crippen LogP contribution in [0.25, 0.3) is 0 Å². The van der Waals surface area contributed by atoms with E-state index in [0.717, 1.165) is 16.9 Å². The summed E-state index contributed by atoms with van der Waals surface area (Å²) in [5, 5.41) is 8.67. The number of urea groups is 2. The molecule has 0 unspecified atom stereocenters. The molecule has 0 radical (unpaired) electrons. The van der Waals surface area contributed by atoms with E-state index in [1.807, 2.05) is 82.3 Å². The standard InChI is InChI=1S/C22H30N4O2/c1-17-11-8-9-14-19(17)24-21(28)26(18-12-6-5-7-13-18)16-10-15-23-20(27)25-22(2,3)4/h5-9,11-14H,10,15-16H2,1-4H3,(H,24,28)(H2,23,25,27). The average Bonchev–Trinajstić information content (AvgIpc) is 2.63. The Hall–Kier alpha value is -3.02. The van der Waals surface area contributed by atoms with Crippen molar-refractivity contribution >= 4 is 23.4 Å². The number of anilines is 2. The zero-order chi connectivity index (χ0) is 20.6. The summed E-state index contributed by atoms with van der Waals surface area (Å²) in [6.07, 6.45) is 0.633. The topological polar surface area (TPSA) is 73.5 Å². The van der Waals surface area contributed by atoms with Gasteiger partial charge >= 0.3 is 12.1 Å². The first-order valence-corrected chi connectivity index (χ1v) is 9.51. The number of amides is 4. The molecule has 0 aromatic heterocycles. The molecule has 0 aliphatic carbocycles. The van der Waals surface area contributed by atoms with Gasteiger partial charge in [0.2, 0.25) is 0 Å². The molecular weight excluding hydrogens is 352 g/mol. The van der Waals surface area contributed by atoms with Gasteiger partial charge in [-0.25, -0.2) is 9.59 Å². The van der Waals surface area contributed by atoms with Gasteiger partial charge in [-0.1, -0.05) is 36.4 Å². The van der Waals surface area contributed by atoms with Crippen molar-refractivity contribution in [2.45, 2.75) is 39.7 Å². The number of aryl methyl sites for hydroxylation is 1. The van der Waals surface area contributed by atoms with E-state index in [2.05, 4.69) is 16.0 Å². The lowest BCUT2D eigenvalue weighted by atomic mass is 10.1. The molecule has 4 amide bonds. The predicted molar refractivity (Wildman–Crippen MR) is 115 cm³/mol. The van der Waals surface area contributed by atoms with Crippen molar-refractivity contribution in [2.75, 3.05) is 23.3 Å². The molecular formula is C22H30N4O2. The molecule has 0 heterocycles. The third kappa shape index (κ3) is 6.95. The number of nitrogens with zero attached hydrogens (tertiary/aromatic N) is 1. The van der Waals surface area contributed by atoms with Gasteiger partial charge in [0.25, 0.3) is 0 Å². The molecule has 0 saturated carbocycles. The molecule has 2 aromatic carbocycles. The van der Waals surface area contributed by atoms with Crippen LogP contribution in [0, 0.1) is 6.92 Å². The van der Waals surface area contributed by atoms with Crippen LogP contribution in [0.4, 0.5) is 21.0 Å². The quantitative estimate of drug-likeness (QED) is 0.643. The fourth-order valence-corrected chi connectivity index (χ4v) is 2.68. The van der Waals surface area contributed by atoms with E-state index in [9.17, 15) is 9.59 Å². The van der Waals surface area contributed by atoms with Gasteiger partial charge in [-0.15, -0.1) is 0 Å². The summed E-state index contributed by atoms with van der Waals surface area (Å²) in [5.74, 6) is 0. The molecule has 0 spiro atoms. The molecule has 2 aromatic rings. The molecule has 0 saturated heterocycles. The van der Waals surface area contributed by atoms with Gasteiger partial charge in [0.05, 0.1) is 0 Å². The first-order valence-electron chi connectivity index (χ1n) is 9.51. The predicted octanol–water partition coefficient (Wildman–Crippen LogP) is 4.52. The number of carbonyl (C=O) groups excluding carboxylic acids is 2. The first-order chi connectivity index (χ1) is 13.3. The van der Waals surface area contributed by atoms with Gasteiger partial charge in [0.15, 0.2) is 0 Å². The number of hydrogen-bond acceptors (Lipinski definition) is 2. The Balaban J connectivity index is 1.98. The van der Waals surface area contributed by atoms with Crippen molar-refractivity contribution in [3.05, 3.63) is 60.2 Å². The van der Waals surface area contributed by atoms with Crippen LogP contribution in [-0.4, -0.2) is 30.7 Å². The molecule has 0 bridgehead atoms. The SMILES string of the molecule is Cc1ccccc1NC(=O)N(CCCNC(=O)NC(C)(C)C)c1ccccc1. The fourth-order valence-electron chi connectivity index (χ4n) is 2.68. The van der Waals surface area contributed by atoms with E-state index in [-0.39, 0.29) is 17.6 Å². The van der Waals surface area contributed by atoms with Crippen LogP contribution in [0.5, 0.6) is 0 Å². The van der Waals surface area contributed by atoms with Gasteiger partial charge in [-0.3, -0.25) is 4.90 Å². The Morgan fingerprint density at radius 2 is 1.61 bits per heavy atom. The first kappa shape index (κ1) is 21.3. The van der Waals surface area contributed by atoms with Crippen LogP contribution in [-0.2, 0) is 0 Å². The van der Waals surface area contributed by atoms with Gasteiger partial charge in [-0.05, 0) is 57.9 Å². The fraction of sp³-hybridized carbons (Fsp3) is 0.364. The average molecular weight is 383 g/mol. The highest BCUT2D eigenvalue weighted by molar-refractivity contribution is 6.02. The normalized spacial score (nSPS) is 10.9. The summed E-state index contributed by atoms with van der Waals surface area (Å²) in [5.41, 5.74) is 2.32. The van der Waals surface area contributed by atoms with E-state index in [4.69, 9.17) is 0 Å². The minimum Gasteiger partial charge on any atom is -0.338 e. The Labute approximate surface area is 167 Å². The van der Waals surface area contributed by atoms with Gasteiger partial charge in [0.1, 0.15) is 0 Å². The Morgan fingerprint density at radius 1 is 0.964 bits per heavy atom. The highest BCUT2D eigenvalue weighted by Crippen LogP contribution is 2.18. The number of carbonyl (C=O) groups is 2. The summed E-state index contributed by atoms with van der Waals surface area (Å²) >= 11 is 0. The highest BCUT2D eigenvalue weighted by Gasteiger charge is 2.17. The Kier molecular flexibility index (Phi) is 7.44. The van der Waals surface area contributed by atoms with Gasteiger partial charge in [-0.2, -0.15) is 0 Å². The second-order valence-electron chi connectivity index (χ2n) is 7.72. The third-order valence-corrected chi connectivity index (χ3v) is 4.03. The van der Waals surface area contributed by atoms with Crippen molar-refractivity contribution in [1.29, 1.82) is 0 Å². The van der Waals surface area contributed by atoms with Gasteiger partial charge < -0.3 is 16.0 Å². The number of para-hydroxylation sites is 2. The maximum atomic E-state index is 12.9. The van der Waals surface area contributed by atoms with Crippen LogP contribution < -0.4 is 20.9 Å². The summed E-state index contributed by atoms with van der Waals surface area (Å²) in [7, 11) is 0. The molecule has 2 rings (SSSR count). The summed E-state index contributed by atoms with van der Waals surface area (Å²) in [6, 6.07) is 16.8. The maximum absolute atomic E-state index is 12.9. The van der Waals surface area contributed by atoms with Crippen LogP contribution in [0.3, 0.4) is 0 Å². The lowest BCUT2D eigenvalue weighted by molar-refractivity contribution is 0.232. The molecule has 6 heteroatoms. The number of benzene rings is 2. The molecule has 3 N–H and O–H groups in total. The number of nitrogens with one attached hydrogen (secondary N) is 3. The third-order valence-electron chi connectivity index (χ3n) is 4.03. The lowest BCUT2D eigenvalue weighted by Crippen LogP contribution is -2.47. The number of hydrogen-bond donors (Lipinski definition) is 3. The Morgan fingerprint density at radius 3 is 2.25 bits per heavy atom. The van der Waals surface area contributed by atoms with Crippen molar-refractivity contribution in [1.82, 2.24) is 10.6 Å². The maximum Gasteiger partial charge on any atom is 0.326 e. The van der Waals surface area contributed by atoms with Crippen molar-refractivity contribution < 1.29 is 9.59 Å². The van der Waals surface area contributed by atoms with Crippen LogP contribution in [0.2, 0.25) is 0 Å². The molecule has 0 atom stereocenters. The second kappa shape index (κ2) is 9.78. The lowest BCUT2D eigenvalue weighted by Gasteiger charge is -2.24. The minimum absolute atomic E-state index is 0.195. The van der Waals surface area contributed by atoms with E-state index in [0.29, 0.717) is 19.5 Å². The summed E-state index contributed by atoms with van der Waals surface area (Å²) in [6.45, 7) is 8.71. The molecule has 0 fully saturated rings. The summed E-state index contributed by atoms with van der Waals surface area (Å²) in [4.78, 5) is 26.5. The van der Waals surface area contributed by atoms with Gasteiger partial charge in [0, 0.05) is 30.0 Å². The van der Waals surface area contributed by atoms with Crippen molar-refractivity contribution in [3.63, 3.8) is 0 Å². The Bertz CT molecular complexity index is 785. The largest absolute Gasteiger partial charge is 0.338 e. The molecule has 6 nitrogen and oxygen atoms in total. The van der Waals surface area contributed by atoms with E-state index >= 15 is 0 Å². The van der Waals surface area contributed by atoms with Crippen LogP contribution >= 0.6 is 0 Å². The van der Waals surface area contributed by atoms with Crippen LogP contribution in [0.1, 0.15) is 32.8 Å².